The fourth-order valence-corrected chi connectivity index (χ4v) is 2.20. The van der Waals surface area contributed by atoms with Crippen molar-refractivity contribution in [2.24, 2.45) is 5.73 Å². The fourth-order valence-electron chi connectivity index (χ4n) is 2.01. The second-order valence-electron chi connectivity index (χ2n) is 4.48. The summed E-state index contributed by atoms with van der Waals surface area (Å²) in [6, 6.07) is 8.16. The molecule has 2 aromatic carbocycles. The van der Waals surface area contributed by atoms with Crippen LogP contribution in [0.4, 0.5) is 8.78 Å². The van der Waals surface area contributed by atoms with Crippen molar-refractivity contribution in [1.29, 1.82) is 0 Å². The first kappa shape index (κ1) is 14.8. The van der Waals surface area contributed by atoms with Crippen LogP contribution < -0.4 is 10.5 Å². The van der Waals surface area contributed by atoms with E-state index in [-0.39, 0.29) is 0 Å². The largest absolute Gasteiger partial charge is 0.495 e. The number of nitrogens with two attached hydrogens (primary N) is 1. The molecule has 1 atom stereocenters. The summed E-state index contributed by atoms with van der Waals surface area (Å²) in [6.07, 6.45) is 0.319. The van der Waals surface area contributed by atoms with E-state index in [0.717, 1.165) is 11.6 Å². The minimum Gasteiger partial charge on any atom is -0.495 e. The standard InChI is InChI=1S/C15H14ClF2NO/c1-20-15-7-10(2-3-13(15)16)14(19)6-9-4-11(17)8-12(18)5-9/h2-5,7-8,14H,6,19H2,1H3. The normalized spacial score (nSPS) is 12.2. The smallest absolute Gasteiger partial charge is 0.137 e. The molecule has 2 aromatic rings. The van der Waals surface area contributed by atoms with Gasteiger partial charge in [0.25, 0.3) is 0 Å². The second kappa shape index (κ2) is 6.20. The van der Waals surface area contributed by atoms with Crippen LogP contribution >= 0.6 is 11.6 Å². The molecule has 0 bridgehead atoms. The van der Waals surface area contributed by atoms with Gasteiger partial charge < -0.3 is 10.5 Å². The zero-order valence-corrected chi connectivity index (χ0v) is 11.6. The van der Waals surface area contributed by atoms with Crippen molar-refractivity contribution in [3.8, 4) is 5.75 Å². The molecule has 0 saturated heterocycles. The summed E-state index contributed by atoms with van der Waals surface area (Å²) in [6.45, 7) is 0. The van der Waals surface area contributed by atoms with Crippen molar-refractivity contribution in [3.05, 3.63) is 64.2 Å². The molecule has 20 heavy (non-hydrogen) atoms. The minimum atomic E-state index is -0.610. The van der Waals surface area contributed by atoms with Gasteiger partial charge in [0.05, 0.1) is 12.1 Å². The predicted molar refractivity (Wildman–Crippen MR) is 75.0 cm³/mol. The molecule has 0 fully saturated rings. The summed E-state index contributed by atoms with van der Waals surface area (Å²) in [5.74, 6) is -0.702. The quantitative estimate of drug-likeness (QED) is 0.930. The monoisotopic (exact) mass is 297 g/mol. The van der Waals surface area contributed by atoms with Gasteiger partial charge in [0, 0.05) is 12.1 Å². The highest BCUT2D eigenvalue weighted by Gasteiger charge is 2.11. The number of ether oxygens (including phenoxy) is 1. The lowest BCUT2D eigenvalue weighted by molar-refractivity contribution is 0.414. The van der Waals surface area contributed by atoms with Crippen molar-refractivity contribution in [1.82, 2.24) is 0 Å². The molecular weight excluding hydrogens is 284 g/mol. The number of benzene rings is 2. The van der Waals surface area contributed by atoms with Crippen LogP contribution in [-0.2, 0) is 6.42 Å². The minimum absolute atomic E-state index is 0.319. The van der Waals surface area contributed by atoms with E-state index >= 15 is 0 Å². The molecule has 0 aliphatic carbocycles. The molecule has 2 N–H and O–H groups in total. The Labute approximate surface area is 121 Å². The first-order valence-electron chi connectivity index (χ1n) is 6.03. The number of rotatable bonds is 4. The first-order chi connectivity index (χ1) is 9.49. The van der Waals surface area contributed by atoms with Gasteiger partial charge in [-0.1, -0.05) is 17.7 Å². The van der Waals surface area contributed by atoms with Crippen molar-refractivity contribution in [3.63, 3.8) is 0 Å². The summed E-state index contributed by atoms with van der Waals surface area (Å²) in [5, 5.41) is 0.486. The molecule has 0 saturated carbocycles. The van der Waals surface area contributed by atoms with E-state index in [1.54, 1.807) is 18.2 Å². The summed E-state index contributed by atoms with van der Waals surface area (Å²) in [7, 11) is 1.51. The Balaban J connectivity index is 2.21. The Kier molecular flexibility index (Phi) is 4.57. The van der Waals surface area contributed by atoms with Crippen LogP contribution in [0, 0.1) is 11.6 Å². The zero-order valence-electron chi connectivity index (χ0n) is 10.9. The molecule has 0 aliphatic rings. The molecule has 5 heteroatoms. The van der Waals surface area contributed by atoms with E-state index in [1.165, 1.54) is 19.2 Å². The highest BCUT2D eigenvalue weighted by molar-refractivity contribution is 6.32. The number of halogens is 3. The Morgan fingerprint density at radius 2 is 1.80 bits per heavy atom. The van der Waals surface area contributed by atoms with Gasteiger partial charge in [0.15, 0.2) is 0 Å². The maximum atomic E-state index is 13.1. The summed E-state index contributed by atoms with van der Waals surface area (Å²) < 4.78 is 31.4. The highest BCUT2D eigenvalue weighted by Crippen LogP contribution is 2.28. The predicted octanol–water partition coefficient (Wildman–Crippen LogP) is 3.87. The van der Waals surface area contributed by atoms with Gasteiger partial charge in [-0.05, 0) is 41.8 Å². The number of hydrogen-bond donors (Lipinski definition) is 1. The van der Waals surface area contributed by atoms with Gasteiger partial charge in [0.2, 0.25) is 0 Å². The summed E-state index contributed by atoms with van der Waals surface area (Å²) >= 11 is 5.94. The average molecular weight is 298 g/mol. The van der Waals surface area contributed by atoms with Crippen LogP contribution in [0.2, 0.25) is 5.02 Å². The Hall–Kier alpha value is -1.65. The van der Waals surface area contributed by atoms with Crippen LogP contribution in [-0.4, -0.2) is 7.11 Å². The van der Waals surface area contributed by atoms with E-state index in [0.29, 0.717) is 22.8 Å². The van der Waals surface area contributed by atoms with Gasteiger partial charge >= 0.3 is 0 Å². The van der Waals surface area contributed by atoms with Crippen molar-refractivity contribution in [2.45, 2.75) is 12.5 Å². The lowest BCUT2D eigenvalue weighted by atomic mass is 9.99. The van der Waals surface area contributed by atoms with Crippen molar-refractivity contribution >= 4 is 11.6 Å². The Morgan fingerprint density at radius 3 is 2.40 bits per heavy atom. The van der Waals surface area contributed by atoms with Gasteiger partial charge in [-0.2, -0.15) is 0 Å². The fraction of sp³-hybridized carbons (Fsp3) is 0.200. The van der Waals surface area contributed by atoms with E-state index < -0.39 is 17.7 Å². The van der Waals surface area contributed by atoms with Gasteiger partial charge in [-0.15, -0.1) is 0 Å². The number of methoxy groups -OCH3 is 1. The van der Waals surface area contributed by atoms with E-state index in [9.17, 15) is 8.78 Å². The molecule has 0 spiro atoms. The molecular formula is C15H14ClF2NO. The molecule has 0 amide bonds. The molecule has 2 rings (SSSR count). The van der Waals surface area contributed by atoms with E-state index in [1.807, 2.05) is 0 Å². The molecule has 0 aliphatic heterocycles. The molecule has 0 heterocycles. The molecule has 0 aromatic heterocycles. The summed E-state index contributed by atoms with van der Waals surface area (Å²) in [5.41, 5.74) is 7.35. The second-order valence-corrected chi connectivity index (χ2v) is 4.89. The maximum Gasteiger partial charge on any atom is 0.137 e. The molecule has 1 unspecified atom stereocenters. The van der Waals surface area contributed by atoms with Crippen LogP contribution in [0.25, 0.3) is 0 Å². The van der Waals surface area contributed by atoms with Crippen LogP contribution in [0.5, 0.6) is 5.75 Å². The van der Waals surface area contributed by atoms with Crippen LogP contribution in [0.3, 0.4) is 0 Å². The first-order valence-corrected chi connectivity index (χ1v) is 6.41. The van der Waals surface area contributed by atoms with Gasteiger partial charge in [-0.3, -0.25) is 0 Å². The maximum absolute atomic E-state index is 13.1. The van der Waals surface area contributed by atoms with Crippen molar-refractivity contribution in [2.75, 3.05) is 7.11 Å². The topological polar surface area (TPSA) is 35.2 Å². The lowest BCUT2D eigenvalue weighted by Crippen LogP contribution is -2.13. The average Bonchev–Trinajstić information content (AvgIpc) is 2.37. The van der Waals surface area contributed by atoms with Crippen LogP contribution in [0.15, 0.2) is 36.4 Å². The van der Waals surface area contributed by atoms with E-state index in [4.69, 9.17) is 22.1 Å². The number of hydrogen-bond acceptors (Lipinski definition) is 2. The Morgan fingerprint density at radius 1 is 1.15 bits per heavy atom. The molecule has 106 valence electrons. The molecule has 0 radical (unpaired) electrons. The third-order valence-electron chi connectivity index (χ3n) is 2.98. The van der Waals surface area contributed by atoms with Crippen molar-refractivity contribution < 1.29 is 13.5 Å². The SMILES string of the molecule is COc1cc(C(N)Cc2cc(F)cc(F)c2)ccc1Cl. The lowest BCUT2D eigenvalue weighted by Gasteiger charge is -2.14. The zero-order chi connectivity index (χ0) is 14.7. The van der Waals surface area contributed by atoms with E-state index in [2.05, 4.69) is 0 Å². The summed E-state index contributed by atoms with van der Waals surface area (Å²) in [4.78, 5) is 0. The van der Waals surface area contributed by atoms with Crippen LogP contribution in [0.1, 0.15) is 17.2 Å². The third-order valence-corrected chi connectivity index (χ3v) is 3.29. The Bertz CT molecular complexity index is 599. The molecule has 2 nitrogen and oxygen atoms in total. The van der Waals surface area contributed by atoms with Gasteiger partial charge in [-0.25, -0.2) is 8.78 Å². The van der Waals surface area contributed by atoms with Gasteiger partial charge in [0.1, 0.15) is 17.4 Å². The highest BCUT2D eigenvalue weighted by atomic mass is 35.5. The third kappa shape index (κ3) is 3.46.